The Hall–Kier alpha value is -2.67. The number of nitrogens with zero attached hydrogens (tertiary/aromatic N) is 2. The third kappa shape index (κ3) is 4.19. The summed E-state index contributed by atoms with van der Waals surface area (Å²) in [6.07, 6.45) is 6.73. The maximum absolute atomic E-state index is 12.9. The first-order chi connectivity index (χ1) is 13.2. The Balaban J connectivity index is 1.81. The average Bonchev–Trinajstić information content (AvgIpc) is 2.73. The van der Waals surface area contributed by atoms with Gasteiger partial charge in [-0.3, -0.25) is 15.1 Å². The van der Waals surface area contributed by atoms with Gasteiger partial charge in [0.05, 0.1) is 20.3 Å². The lowest BCUT2D eigenvalue weighted by molar-refractivity contribution is 0.0963. The lowest BCUT2D eigenvalue weighted by Gasteiger charge is -2.37. The smallest absolute Gasteiger partial charge is 0.264 e. The molecule has 6 nitrogen and oxygen atoms in total. The molecule has 1 fully saturated rings. The highest BCUT2D eigenvalue weighted by molar-refractivity contribution is 7.80. The Morgan fingerprint density at radius 1 is 1.19 bits per heavy atom. The van der Waals surface area contributed by atoms with Crippen molar-refractivity contribution in [2.45, 2.75) is 25.3 Å². The van der Waals surface area contributed by atoms with Gasteiger partial charge in [0.25, 0.3) is 5.91 Å². The van der Waals surface area contributed by atoms with Crippen LogP contribution < -0.4 is 14.8 Å². The summed E-state index contributed by atoms with van der Waals surface area (Å²) in [4.78, 5) is 19.2. The molecule has 0 aliphatic carbocycles. The Labute approximate surface area is 164 Å². The van der Waals surface area contributed by atoms with E-state index in [4.69, 9.17) is 21.7 Å². The van der Waals surface area contributed by atoms with Gasteiger partial charge in [0.15, 0.2) is 5.11 Å². The van der Waals surface area contributed by atoms with Crippen LogP contribution in [0.5, 0.6) is 11.5 Å². The van der Waals surface area contributed by atoms with Crippen molar-refractivity contribution < 1.29 is 14.3 Å². The first-order valence-electron chi connectivity index (χ1n) is 8.88. The fourth-order valence-electron chi connectivity index (χ4n) is 3.40. The van der Waals surface area contributed by atoms with Gasteiger partial charge in [-0.1, -0.05) is 12.1 Å². The number of rotatable bonds is 4. The van der Waals surface area contributed by atoms with E-state index in [1.54, 1.807) is 24.4 Å². The van der Waals surface area contributed by atoms with E-state index in [9.17, 15) is 4.79 Å². The third-order valence-corrected chi connectivity index (χ3v) is 5.04. The second-order valence-corrected chi connectivity index (χ2v) is 6.67. The molecule has 2 aromatic rings. The largest absolute Gasteiger partial charge is 0.496 e. The van der Waals surface area contributed by atoms with E-state index >= 15 is 0 Å². The highest BCUT2D eigenvalue weighted by atomic mass is 32.1. The van der Waals surface area contributed by atoms with Gasteiger partial charge in [0.2, 0.25) is 0 Å². The van der Waals surface area contributed by atoms with Crippen molar-refractivity contribution in [1.82, 2.24) is 15.2 Å². The maximum Gasteiger partial charge on any atom is 0.264 e. The van der Waals surface area contributed by atoms with Crippen molar-refractivity contribution in [3.8, 4) is 11.5 Å². The first-order valence-corrected chi connectivity index (χ1v) is 9.29. The minimum Gasteiger partial charge on any atom is -0.496 e. The molecule has 7 heteroatoms. The molecule has 1 atom stereocenters. The number of thiocarbonyl (C=S) groups is 1. The highest BCUT2D eigenvalue weighted by Gasteiger charge is 2.28. The number of amides is 1. The Kier molecular flexibility index (Phi) is 6.24. The van der Waals surface area contributed by atoms with Crippen molar-refractivity contribution in [1.29, 1.82) is 0 Å². The molecule has 27 heavy (non-hydrogen) atoms. The van der Waals surface area contributed by atoms with E-state index in [1.165, 1.54) is 14.2 Å². The minimum atomic E-state index is -0.343. The number of hydrogen-bond donors (Lipinski definition) is 1. The number of aromatic nitrogens is 1. The van der Waals surface area contributed by atoms with E-state index < -0.39 is 0 Å². The number of piperidine rings is 1. The molecular weight excluding hydrogens is 362 g/mol. The number of carbonyl (C=O) groups excluding carboxylic acids is 1. The molecule has 0 unspecified atom stereocenters. The standard InChI is InChI=1S/C20H23N3O3S/c1-25-16-9-5-10-17(26-2)18(16)19(24)22-20(27)23-12-4-3-8-15(23)14-7-6-11-21-13-14/h5-7,9-11,13,15H,3-4,8,12H2,1-2H3,(H,22,24,27)/t15-/m1/s1. The number of carbonyl (C=O) groups is 1. The summed E-state index contributed by atoms with van der Waals surface area (Å²) in [6, 6.07) is 9.29. The first kappa shape index (κ1) is 19.1. The SMILES string of the molecule is COc1cccc(OC)c1C(=O)NC(=S)N1CCCC[C@@H]1c1cccnc1. The number of likely N-dealkylation sites (tertiary alicyclic amines) is 1. The van der Waals surface area contributed by atoms with Gasteiger partial charge >= 0.3 is 0 Å². The van der Waals surface area contributed by atoms with Crippen LogP contribution in [0, 0.1) is 0 Å². The van der Waals surface area contributed by atoms with Gasteiger partial charge in [-0.2, -0.15) is 0 Å². The van der Waals surface area contributed by atoms with Crippen molar-refractivity contribution in [3.05, 3.63) is 53.9 Å². The van der Waals surface area contributed by atoms with E-state index in [2.05, 4.69) is 15.2 Å². The van der Waals surface area contributed by atoms with Gasteiger partial charge in [-0.15, -0.1) is 0 Å². The monoisotopic (exact) mass is 385 g/mol. The van der Waals surface area contributed by atoms with Crippen LogP contribution >= 0.6 is 12.2 Å². The molecule has 1 N–H and O–H groups in total. The van der Waals surface area contributed by atoms with Crippen LogP contribution in [0.4, 0.5) is 0 Å². The topological polar surface area (TPSA) is 63.7 Å². The zero-order valence-electron chi connectivity index (χ0n) is 15.5. The van der Waals surface area contributed by atoms with Crippen LogP contribution in [0.25, 0.3) is 0 Å². The highest BCUT2D eigenvalue weighted by Crippen LogP contribution is 2.31. The molecule has 0 radical (unpaired) electrons. The number of hydrogen-bond acceptors (Lipinski definition) is 5. The molecule has 0 bridgehead atoms. The van der Waals surface area contributed by atoms with E-state index in [0.29, 0.717) is 22.2 Å². The average molecular weight is 385 g/mol. The van der Waals surface area contributed by atoms with Gasteiger partial charge in [0.1, 0.15) is 17.1 Å². The summed E-state index contributed by atoms with van der Waals surface area (Å²) in [5, 5.41) is 3.26. The van der Waals surface area contributed by atoms with E-state index in [-0.39, 0.29) is 11.9 Å². The van der Waals surface area contributed by atoms with E-state index in [0.717, 1.165) is 31.4 Å². The zero-order valence-corrected chi connectivity index (χ0v) is 16.3. The Morgan fingerprint density at radius 3 is 2.56 bits per heavy atom. The third-order valence-electron chi connectivity index (χ3n) is 4.71. The van der Waals surface area contributed by atoms with Gasteiger partial charge in [0, 0.05) is 18.9 Å². The van der Waals surface area contributed by atoms with Crippen LogP contribution in [-0.2, 0) is 0 Å². The molecule has 1 aromatic carbocycles. The maximum atomic E-state index is 12.9. The molecule has 0 spiro atoms. The lowest BCUT2D eigenvalue weighted by Crippen LogP contribution is -2.46. The van der Waals surface area contributed by atoms with Crippen LogP contribution in [0.1, 0.15) is 41.2 Å². The summed E-state index contributed by atoms with van der Waals surface area (Å²) >= 11 is 5.58. The van der Waals surface area contributed by atoms with Crippen LogP contribution in [0.15, 0.2) is 42.7 Å². The molecular formula is C20H23N3O3S. The number of pyridine rings is 1. The van der Waals surface area contributed by atoms with Crippen LogP contribution in [-0.4, -0.2) is 41.7 Å². The molecule has 2 heterocycles. The van der Waals surface area contributed by atoms with Gasteiger partial charge < -0.3 is 14.4 Å². The number of ether oxygens (including phenoxy) is 2. The number of methoxy groups -OCH3 is 2. The molecule has 3 rings (SSSR count). The molecule has 1 aromatic heterocycles. The predicted octanol–water partition coefficient (Wildman–Crippen LogP) is 3.34. The fourth-order valence-corrected chi connectivity index (χ4v) is 3.71. The number of nitrogens with one attached hydrogen (secondary N) is 1. The predicted molar refractivity (Wildman–Crippen MR) is 107 cm³/mol. The number of benzene rings is 1. The minimum absolute atomic E-state index is 0.111. The van der Waals surface area contributed by atoms with Gasteiger partial charge in [-0.05, 0) is 55.2 Å². The summed E-state index contributed by atoms with van der Waals surface area (Å²) < 4.78 is 10.6. The second-order valence-electron chi connectivity index (χ2n) is 6.29. The van der Waals surface area contributed by atoms with Crippen molar-refractivity contribution in [2.24, 2.45) is 0 Å². The normalized spacial score (nSPS) is 16.5. The summed E-state index contributed by atoms with van der Waals surface area (Å²) in [5.41, 5.74) is 1.43. The molecule has 142 valence electrons. The lowest BCUT2D eigenvalue weighted by atomic mass is 9.97. The van der Waals surface area contributed by atoms with Crippen molar-refractivity contribution in [2.75, 3.05) is 20.8 Å². The molecule has 1 amide bonds. The summed E-state index contributed by atoms with van der Waals surface area (Å²) in [7, 11) is 3.04. The van der Waals surface area contributed by atoms with Crippen LogP contribution in [0.2, 0.25) is 0 Å². The van der Waals surface area contributed by atoms with Crippen LogP contribution in [0.3, 0.4) is 0 Å². The Morgan fingerprint density at radius 2 is 1.93 bits per heavy atom. The zero-order chi connectivity index (χ0) is 19.2. The molecule has 1 aliphatic heterocycles. The Bertz CT molecular complexity index is 791. The summed E-state index contributed by atoms with van der Waals surface area (Å²) in [5.74, 6) is 0.541. The van der Waals surface area contributed by atoms with Gasteiger partial charge in [-0.25, -0.2) is 0 Å². The molecule has 0 saturated carbocycles. The van der Waals surface area contributed by atoms with Crippen molar-refractivity contribution in [3.63, 3.8) is 0 Å². The second kappa shape index (κ2) is 8.81. The fraction of sp³-hybridized carbons (Fsp3) is 0.350. The molecule has 1 saturated heterocycles. The molecule has 1 aliphatic rings. The van der Waals surface area contributed by atoms with E-state index in [1.807, 2.05) is 18.3 Å². The quantitative estimate of drug-likeness (QED) is 0.815. The van der Waals surface area contributed by atoms with Crippen molar-refractivity contribution >= 4 is 23.2 Å². The summed E-state index contributed by atoms with van der Waals surface area (Å²) in [6.45, 7) is 0.793.